The average molecular weight is 323 g/mol. The molecule has 2 rings (SSSR count). The van der Waals surface area contributed by atoms with Gasteiger partial charge in [0.1, 0.15) is 5.75 Å². The Bertz CT molecular complexity index is 767. The lowest BCUT2D eigenvalue weighted by molar-refractivity contribution is 0.102. The van der Waals surface area contributed by atoms with E-state index in [0.717, 1.165) is 5.56 Å². The summed E-state index contributed by atoms with van der Waals surface area (Å²) in [5.74, 6) is -1.16. The molecule has 0 aromatic heterocycles. The summed E-state index contributed by atoms with van der Waals surface area (Å²) in [6, 6.07) is 13.7. The number of halogens is 1. The van der Waals surface area contributed by atoms with Crippen molar-refractivity contribution >= 4 is 27.2 Å². The zero-order valence-corrected chi connectivity index (χ0v) is 13.1. The molecule has 0 atom stereocenters. The third kappa shape index (κ3) is 4.16. The first kappa shape index (κ1) is 15.7. The van der Waals surface area contributed by atoms with Crippen molar-refractivity contribution in [2.45, 2.75) is 12.7 Å². The Morgan fingerprint density at radius 2 is 1.67 bits per heavy atom. The Kier molecular flexibility index (Phi) is 4.80. The summed E-state index contributed by atoms with van der Waals surface area (Å²) in [6.45, 7) is 1.85. The van der Waals surface area contributed by atoms with Gasteiger partial charge < -0.3 is 0 Å². The van der Waals surface area contributed by atoms with Gasteiger partial charge in [0.2, 0.25) is 0 Å². The van der Waals surface area contributed by atoms with Gasteiger partial charge in [0.25, 0.3) is 0 Å². The molecular formula is C16H15ClO3S. The lowest BCUT2D eigenvalue weighted by atomic mass is 10.1. The lowest BCUT2D eigenvalue weighted by Crippen LogP contribution is -2.18. The van der Waals surface area contributed by atoms with Crippen LogP contribution in [0.2, 0.25) is 5.02 Å². The molecule has 0 saturated heterocycles. The van der Waals surface area contributed by atoms with E-state index in [-0.39, 0.29) is 16.3 Å². The maximum atomic E-state index is 12.2. The van der Waals surface area contributed by atoms with Gasteiger partial charge in [-0.15, -0.1) is 0 Å². The van der Waals surface area contributed by atoms with Gasteiger partial charge in [-0.3, -0.25) is 4.79 Å². The van der Waals surface area contributed by atoms with Crippen LogP contribution in [0.15, 0.2) is 48.5 Å². The van der Waals surface area contributed by atoms with Crippen LogP contribution < -0.4 is 0 Å². The van der Waals surface area contributed by atoms with Crippen molar-refractivity contribution in [1.82, 2.24) is 0 Å². The highest BCUT2D eigenvalue weighted by Gasteiger charge is 2.20. The van der Waals surface area contributed by atoms with Crippen LogP contribution in [-0.4, -0.2) is 20.0 Å². The van der Waals surface area contributed by atoms with Gasteiger partial charge in [-0.2, -0.15) is 0 Å². The highest BCUT2D eigenvalue weighted by Crippen LogP contribution is 2.18. The molecule has 0 aliphatic heterocycles. The molecule has 3 nitrogen and oxygen atoms in total. The quantitative estimate of drug-likeness (QED) is 0.792. The lowest BCUT2D eigenvalue weighted by Gasteiger charge is -2.07. The SMILES string of the molecule is Cc1ccccc1CS(=O)(=O)CC(=O)c1ccccc1Cl. The molecule has 2 aromatic rings. The van der Waals surface area contributed by atoms with Crippen LogP contribution in [0.4, 0.5) is 0 Å². The minimum absolute atomic E-state index is 0.143. The largest absolute Gasteiger partial charge is 0.293 e. The third-order valence-electron chi connectivity index (χ3n) is 3.16. The molecule has 0 unspecified atom stereocenters. The van der Waals surface area contributed by atoms with Crippen LogP contribution in [-0.2, 0) is 15.6 Å². The first-order chi connectivity index (χ1) is 9.89. The summed E-state index contributed by atoms with van der Waals surface area (Å²) < 4.78 is 24.4. The monoisotopic (exact) mass is 322 g/mol. The molecule has 5 heteroatoms. The fourth-order valence-electron chi connectivity index (χ4n) is 2.02. The fourth-order valence-corrected chi connectivity index (χ4v) is 3.72. The van der Waals surface area contributed by atoms with Crippen LogP contribution in [0, 0.1) is 6.92 Å². The van der Waals surface area contributed by atoms with Gasteiger partial charge >= 0.3 is 0 Å². The van der Waals surface area contributed by atoms with E-state index >= 15 is 0 Å². The summed E-state index contributed by atoms with van der Waals surface area (Å²) in [4.78, 5) is 12.1. The number of carbonyl (C=O) groups is 1. The van der Waals surface area contributed by atoms with Gasteiger partial charge in [-0.25, -0.2) is 8.42 Å². The number of ketones is 1. The third-order valence-corrected chi connectivity index (χ3v) is 4.94. The van der Waals surface area contributed by atoms with Crippen molar-refractivity contribution in [2.75, 3.05) is 5.75 Å². The van der Waals surface area contributed by atoms with E-state index in [0.29, 0.717) is 5.56 Å². The topological polar surface area (TPSA) is 51.2 Å². The molecule has 0 radical (unpaired) electrons. The Labute approximate surface area is 129 Å². The van der Waals surface area contributed by atoms with Crippen LogP contribution in [0.1, 0.15) is 21.5 Å². The molecule has 0 fully saturated rings. The van der Waals surface area contributed by atoms with Gasteiger partial charge in [0.05, 0.1) is 10.8 Å². The summed E-state index contributed by atoms with van der Waals surface area (Å²) in [5, 5.41) is 0.272. The first-order valence-corrected chi connectivity index (χ1v) is 8.61. The van der Waals surface area contributed by atoms with Gasteiger partial charge in [-0.05, 0) is 30.2 Å². The molecule has 0 N–H and O–H groups in total. The Morgan fingerprint density at radius 1 is 1.05 bits per heavy atom. The number of rotatable bonds is 5. The maximum absolute atomic E-state index is 12.2. The van der Waals surface area contributed by atoms with Crippen LogP contribution >= 0.6 is 11.6 Å². The molecule has 0 amide bonds. The van der Waals surface area contributed by atoms with Crippen molar-refractivity contribution in [2.24, 2.45) is 0 Å². The van der Waals surface area contributed by atoms with Crippen LogP contribution in [0.5, 0.6) is 0 Å². The zero-order chi connectivity index (χ0) is 15.5. The number of sulfone groups is 1. The van der Waals surface area contributed by atoms with Crippen LogP contribution in [0.25, 0.3) is 0 Å². The molecule has 0 saturated carbocycles. The van der Waals surface area contributed by atoms with Gasteiger partial charge in [-0.1, -0.05) is 48.0 Å². The van der Waals surface area contributed by atoms with E-state index in [9.17, 15) is 13.2 Å². The number of hydrogen-bond acceptors (Lipinski definition) is 3. The predicted octanol–water partition coefficient (Wildman–Crippen LogP) is 3.45. The zero-order valence-electron chi connectivity index (χ0n) is 11.5. The van der Waals surface area contributed by atoms with Crippen molar-refractivity contribution in [3.63, 3.8) is 0 Å². The number of hydrogen-bond donors (Lipinski definition) is 0. The molecule has 0 aliphatic carbocycles. The van der Waals surface area contributed by atoms with Gasteiger partial charge in [0, 0.05) is 5.56 Å². The summed E-state index contributed by atoms with van der Waals surface area (Å²) in [5.41, 5.74) is 1.85. The fraction of sp³-hybridized carbons (Fsp3) is 0.188. The molecule has 2 aromatic carbocycles. The van der Waals surface area contributed by atoms with Crippen molar-refractivity contribution < 1.29 is 13.2 Å². The second-order valence-electron chi connectivity index (χ2n) is 4.86. The summed E-state index contributed by atoms with van der Waals surface area (Å²) in [7, 11) is -3.53. The van der Waals surface area contributed by atoms with E-state index in [2.05, 4.69) is 0 Å². The summed E-state index contributed by atoms with van der Waals surface area (Å²) in [6.07, 6.45) is 0. The smallest absolute Gasteiger partial charge is 0.179 e. The maximum Gasteiger partial charge on any atom is 0.179 e. The van der Waals surface area contributed by atoms with E-state index in [1.54, 1.807) is 30.3 Å². The minimum atomic E-state index is -3.53. The van der Waals surface area contributed by atoms with E-state index in [1.807, 2.05) is 19.1 Å². The normalized spacial score (nSPS) is 11.3. The van der Waals surface area contributed by atoms with Crippen molar-refractivity contribution in [3.8, 4) is 0 Å². The standard InChI is InChI=1S/C16H15ClO3S/c1-12-6-2-3-7-13(12)10-21(19,20)11-16(18)14-8-4-5-9-15(14)17/h2-9H,10-11H2,1H3. The Hall–Kier alpha value is -1.65. The highest BCUT2D eigenvalue weighted by molar-refractivity contribution is 7.91. The number of benzene rings is 2. The highest BCUT2D eigenvalue weighted by atomic mass is 35.5. The van der Waals surface area contributed by atoms with E-state index < -0.39 is 21.4 Å². The van der Waals surface area contributed by atoms with Crippen molar-refractivity contribution in [1.29, 1.82) is 0 Å². The Morgan fingerprint density at radius 3 is 2.33 bits per heavy atom. The number of carbonyl (C=O) groups excluding carboxylic acids is 1. The molecule has 110 valence electrons. The van der Waals surface area contributed by atoms with Crippen LogP contribution in [0.3, 0.4) is 0 Å². The van der Waals surface area contributed by atoms with Crippen molar-refractivity contribution in [3.05, 3.63) is 70.2 Å². The number of Topliss-reactive ketones (excluding diaryl/α,β-unsaturated/α-hetero) is 1. The number of aryl methyl sites for hydroxylation is 1. The predicted molar refractivity (Wildman–Crippen MR) is 84.5 cm³/mol. The molecule has 21 heavy (non-hydrogen) atoms. The second-order valence-corrected chi connectivity index (χ2v) is 7.33. The molecule has 0 heterocycles. The molecule has 0 bridgehead atoms. The molecular weight excluding hydrogens is 308 g/mol. The minimum Gasteiger partial charge on any atom is -0.293 e. The molecule has 0 spiro atoms. The molecule has 0 aliphatic rings. The summed E-state index contributed by atoms with van der Waals surface area (Å²) >= 11 is 5.92. The first-order valence-electron chi connectivity index (χ1n) is 6.42. The second kappa shape index (κ2) is 6.41. The van der Waals surface area contributed by atoms with Gasteiger partial charge in [0.15, 0.2) is 15.6 Å². The Balaban J connectivity index is 2.17. The van der Waals surface area contributed by atoms with E-state index in [1.165, 1.54) is 6.07 Å². The van der Waals surface area contributed by atoms with E-state index in [4.69, 9.17) is 11.6 Å². The average Bonchev–Trinajstić information content (AvgIpc) is 2.41.